The normalized spacial score (nSPS) is 10.1. The minimum Gasteiger partial charge on any atom is -0.478 e. The topological polar surface area (TPSA) is 49.3 Å². The van der Waals surface area contributed by atoms with Crippen molar-refractivity contribution in [1.82, 2.24) is 5.32 Å². The number of carboxylic acid groups (broad SMARTS) is 1. The molecule has 0 saturated carbocycles. The van der Waals surface area contributed by atoms with Crippen molar-refractivity contribution in [1.29, 1.82) is 0 Å². The molecule has 0 aromatic heterocycles. The molecule has 0 saturated heterocycles. The molecule has 0 fully saturated rings. The molecule has 0 aliphatic rings. The first-order valence-electron chi connectivity index (χ1n) is 5.63. The molecule has 0 aliphatic heterocycles. The summed E-state index contributed by atoms with van der Waals surface area (Å²) in [7, 11) is 0. The van der Waals surface area contributed by atoms with Crippen molar-refractivity contribution < 1.29 is 9.90 Å². The molecule has 0 aliphatic carbocycles. The molecule has 0 atom stereocenters. The minimum absolute atomic E-state index is 0. The van der Waals surface area contributed by atoms with Crippen molar-refractivity contribution in [2.24, 2.45) is 5.92 Å². The van der Waals surface area contributed by atoms with Gasteiger partial charge in [-0.1, -0.05) is 32.0 Å². The van der Waals surface area contributed by atoms with Crippen molar-refractivity contribution in [2.75, 3.05) is 6.54 Å². The minimum atomic E-state index is -0.860. The highest BCUT2D eigenvalue weighted by Gasteiger charge is 2.07. The van der Waals surface area contributed by atoms with E-state index in [1.54, 1.807) is 12.1 Å². The third-order valence-electron chi connectivity index (χ3n) is 2.46. The summed E-state index contributed by atoms with van der Waals surface area (Å²) in [6.45, 7) is 5.89. The van der Waals surface area contributed by atoms with E-state index in [9.17, 15) is 4.79 Å². The van der Waals surface area contributed by atoms with Gasteiger partial charge in [-0.2, -0.15) is 0 Å². The Balaban J connectivity index is 0.00000256. The molecule has 1 aromatic carbocycles. The van der Waals surface area contributed by atoms with E-state index in [2.05, 4.69) is 19.2 Å². The first-order chi connectivity index (χ1) is 7.61. The highest BCUT2D eigenvalue weighted by molar-refractivity contribution is 5.89. The molecule has 17 heavy (non-hydrogen) atoms. The van der Waals surface area contributed by atoms with Gasteiger partial charge in [0.2, 0.25) is 0 Å². The lowest BCUT2D eigenvalue weighted by molar-refractivity contribution is 0.0695. The second-order valence-electron chi connectivity index (χ2n) is 4.32. The van der Waals surface area contributed by atoms with Gasteiger partial charge in [0.05, 0.1) is 5.56 Å². The van der Waals surface area contributed by atoms with E-state index in [1.165, 1.54) is 0 Å². The van der Waals surface area contributed by atoms with Gasteiger partial charge in [0, 0.05) is 6.54 Å². The van der Waals surface area contributed by atoms with Crippen LogP contribution in [0.15, 0.2) is 24.3 Å². The average Bonchev–Trinajstić information content (AvgIpc) is 2.24. The molecule has 2 N–H and O–H groups in total. The number of carboxylic acids is 1. The third kappa shape index (κ3) is 5.71. The molecule has 4 heteroatoms. The van der Waals surface area contributed by atoms with E-state index in [-0.39, 0.29) is 12.4 Å². The van der Waals surface area contributed by atoms with Gasteiger partial charge in [0.15, 0.2) is 0 Å². The molecule has 0 bridgehead atoms. The highest BCUT2D eigenvalue weighted by atomic mass is 35.5. The number of halogens is 1. The lowest BCUT2D eigenvalue weighted by Gasteiger charge is -2.09. The smallest absolute Gasteiger partial charge is 0.336 e. The standard InChI is InChI=1S/C13H19NO2.ClH/c1-10(2)7-8-14-9-11-5-3-4-6-12(11)13(15)16;/h3-6,10,14H,7-9H2,1-2H3,(H,15,16);1H. The third-order valence-corrected chi connectivity index (χ3v) is 2.46. The lowest BCUT2D eigenvalue weighted by atomic mass is 10.1. The van der Waals surface area contributed by atoms with Crippen molar-refractivity contribution in [2.45, 2.75) is 26.8 Å². The van der Waals surface area contributed by atoms with Gasteiger partial charge in [-0.15, -0.1) is 12.4 Å². The molecule has 0 unspecified atom stereocenters. The van der Waals surface area contributed by atoms with Crippen LogP contribution in [-0.4, -0.2) is 17.6 Å². The summed E-state index contributed by atoms with van der Waals surface area (Å²) in [5.41, 5.74) is 1.23. The zero-order valence-corrected chi connectivity index (χ0v) is 11.1. The number of benzene rings is 1. The monoisotopic (exact) mass is 257 g/mol. The highest BCUT2D eigenvalue weighted by Crippen LogP contribution is 2.08. The van der Waals surface area contributed by atoms with Gasteiger partial charge in [-0.3, -0.25) is 0 Å². The molecule has 0 spiro atoms. The van der Waals surface area contributed by atoms with Crippen LogP contribution in [-0.2, 0) is 6.54 Å². The molecule has 1 aromatic rings. The molecular weight excluding hydrogens is 238 g/mol. The maximum atomic E-state index is 10.9. The first kappa shape index (κ1) is 15.9. The zero-order valence-electron chi connectivity index (χ0n) is 10.3. The van der Waals surface area contributed by atoms with Crippen LogP contribution in [0.3, 0.4) is 0 Å². The first-order valence-corrected chi connectivity index (χ1v) is 5.63. The molecule has 0 amide bonds. The number of carbonyl (C=O) groups is 1. The fourth-order valence-electron chi connectivity index (χ4n) is 1.50. The molecule has 3 nitrogen and oxygen atoms in total. The van der Waals surface area contributed by atoms with Gasteiger partial charge < -0.3 is 10.4 Å². The Kier molecular flexibility index (Phi) is 7.59. The van der Waals surface area contributed by atoms with E-state index >= 15 is 0 Å². The maximum absolute atomic E-state index is 10.9. The number of aromatic carboxylic acids is 1. The lowest BCUT2D eigenvalue weighted by Crippen LogP contribution is -2.18. The van der Waals surface area contributed by atoms with Crippen LogP contribution in [0, 0.1) is 5.92 Å². The van der Waals surface area contributed by atoms with E-state index in [1.807, 2.05) is 12.1 Å². The second kappa shape index (κ2) is 8.09. The Hall–Kier alpha value is -1.06. The Labute approximate surface area is 109 Å². The molecule has 0 radical (unpaired) electrons. The fraction of sp³-hybridized carbons (Fsp3) is 0.462. The van der Waals surface area contributed by atoms with Crippen LogP contribution in [0.25, 0.3) is 0 Å². The number of rotatable bonds is 6. The summed E-state index contributed by atoms with van der Waals surface area (Å²) in [5, 5.41) is 12.2. The number of hydrogen-bond acceptors (Lipinski definition) is 2. The van der Waals surface area contributed by atoms with Gasteiger partial charge in [-0.05, 0) is 30.5 Å². The van der Waals surface area contributed by atoms with Crippen LogP contribution in [0.5, 0.6) is 0 Å². The van der Waals surface area contributed by atoms with E-state index < -0.39 is 5.97 Å². The molecule has 0 heterocycles. The quantitative estimate of drug-likeness (QED) is 0.771. The van der Waals surface area contributed by atoms with Crippen LogP contribution < -0.4 is 5.32 Å². The summed E-state index contributed by atoms with van der Waals surface area (Å²) in [6, 6.07) is 7.11. The number of hydrogen-bond donors (Lipinski definition) is 2. The van der Waals surface area contributed by atoms with Crippen LogP contribution in [0.4, 0.5) is 0 Å². The van der Waals surface area contributed by atoms with Gasteiger partial charge in [-0.25, -0.2) is 4.79 Å². The Morgan fingerprint density at radius 1 is 1.35 bits per heavy atom. The summed E-state index contributed by atoms with van der Waals surface area (Å²) in [4.78, 5) is 10.9. The SMILES string of the molecule is CC(C)CCNCc1ccccc1C(=O)O.Cl. The summed E-state index contributed by atoms with van der Waals surface area (Å²) >= 11 is 0. The van der Waals surface area contributed by atoms with Gasteiger partial charge in [0.1, 0.15) is 0 Å². The van der Waals surface area contributed by atoms with Gasteiger partial charge >= 0.3 is 5.97 Å². The predicted octanol–water partition coefficient (Wildman–Crippen LogP) is 2.94. The molecule has 96 valence electrons. The second-order valence-corrected chi connectivity index (χ2v) is 4.32. The summed E-state index contributed by atoms with van der Waals surface area (Å²) in [5.74, 6) is -0.191. The maximum Gasteiger partial charge on any atom is 0.336 e. The average molecular weight is 258 g/mol. The van der Waals surface area contributed by atoms with Crippen molar-refractivity contribution in [3.63, 3.8) is 0 Å². The predicted molar refractivity (Wildman–Crippen MR) is 71.8 cm³/mol. The zero-order chi connectivity index (χ0) is 12.0. The van der Waals surface area contributed by atoms with Crippen molar-refractivity contribution in [3.05, 3.63) is 35.4 Å². The summed E-state index contributed by atoms with van der Waals surface area (Å²) in [6.07, 6.45) is 1.11. The van der Waals surface area contributed by atoms with Crippen molar-refractivity contribution >= 4 is 18.4 Å². The largest absolute Gasteiger partial charge is 0.478 e. The Morgan fingerprint density at radius 2 is 2.00 bits per heavy atom. The van der Waals surface area contributed by atoms with Crippen LogP contribution in [0.2, 0.25) is 0 Å². The Bertz CT molecular complexity index is 353. The fourth-order valence-corrected chi connectivity index (χ4v) is 1.50. The van der Waals surface area contributed by atoms with E-state index in [0.29, 0.717) is 18.0 Å². The van der Waals surface area contributed by atoms with Gasteiger partial charge in [0.25, 0.3) is 0 Å². The van der Waals surface area contributed by atoms with Crippen molar-refractivity contribution in [3.8, 4) is 0 Å². The van der Waals surface area contributed by atoms with Crippen LogP contribution >= 0.6 is 12.4 Å². The molecule has 1 rings (SSSR count). The summed E-state index contributed by atoms with van der Waals surface area (Å²) < 4.78 is 0. The Morgan fingerprint density at radius 3 is 2.59 bits per heavy atom. The molecular formula is C13H20ClNO2. The number of nitrogens with one attached hydrogen (secondary N) is 1. The van der Waals surface area contributed by atoms with E-state index in [0.717, 1.165) is 18.5 Å². The van der Waals surface area contributed by atoms with Crippen LogP contribution in [0.1, 0.15) is 36.2 Å². The van der Waals surface area contributed by atoms with E-state index in [4.69, 9.17) is 5.11 Å².